The summed E-state index contributed by atoms with van der Waals surface area (Å²) in [4.78, 5) is 6.44. The van der Waals surface area contributed by atoms with Crippen LogP contribution in [-0.4, -0.2) is 41.4 Å². The first-order chi connectivity index (χ1) is 12.0. The minimum atomic E-state index is -0.0489. The van der Waals surface area contributed by atoms with Gasteiger partial charge in [-0.2, -0.15) is 4.37 Å². The SMILES string of the molecule is Cc1nsc(-c2nnc3n2CCN(C(=N)c2ccc(Cl)cc2)C3C)n1. The Morgan fingerprint density at radius 2 is 2.00 bits per heavy atom. The second-order valence-corrected chi connectivity index (χ2v) is 7.09. The van der Waals surface area contributed by atoms with Gasteiger partial charge in [-0.1, -0.05) is 11.6 Å². The second kappa shape index (κ2) is 6.20. The predicted molar refractivity (Wildman–Crippen MR) is 97.1 cm³/mol. The normalized spacial score (nSPS) is 16.8. The number of aryl methyl sites for hydroxylation is 1. The molecule has 0 spiro atoms. The maximum Gasteiger partial charge on any atom is 0.194 e. The molecule has 9 heteroatoms. The van der Waals surface area contributed by atoms with Gasteiger partial charge in [-0.25, -0.2) is 4.98 Å². The third kappa shape index (κ3) is 2.81. The lowest BCUT2D eigenvalue weighted by Gasteiger charge is -2.35. The number of nitrogens with zero attached hydrogens (tertiary/aromatic N) is 6. The largest absolute Gasteiger partial charge is 0.345 e. The Hall–Kier alpha value is -2.32. The summed E-state index contributed by atoms with van der Waals surface area (Å²) >= 11 is 7.28. The highest BCUT2D eigenvalue weighted by molar-refractivity contribution is 7.09. The summed E-state index contributed by atoms with van der Waals surface area (Å²) in [6.45, 7) is 5.32. The van der Waals surface area contributed by atoms with Gasteiger partial charge in [0.2, 0.25) is 0 Å². The van der Waals surface area contributed by atoms with E-state index in [1.807, 2.05) is 30.9 Å². The van der Waals surface area contributed by atoms with E-state index in [9.17, 15) is 0 Å². The molecule has 128 valence electrons. The van der Waals surface area contributed by atoms with Crippen LogP contribution in [0.25, 0.3) is 10.8 Å². The molecule has 0 fully saturated rings. The van der Waals surface area contributed by atoms with Crippen molar-refractivity contribution in [2.24, 2.45) is 0 Å². The molecule has 2 aromatic heterocycles. The van der Waals surface area contributed by atoms with Gasteiger partial charge in [0.25, 0.3) is 0 Å². The van der Waals surface area contributed by atoms with E-state index in [0.29, 0.717) is 23.9 Å². The van der Waals surface area contributed by atoms with Gasteiger partial charge in [0.05, 0.1) is 6.04 Å². The van der Waals surface area contributed by atoms with Gasteiger partial charge in [0.1, 0.15) is 11.7 Å². The van der Waals surface area contributed by atoms with Crippen LogP contribution in [0.1, 0.15) is 30.2 Å². The van der Waals surface area contributed by atoms with E-state index in [1.165, 1.54) is 11.5 Å². The molecule has 7 nitrogen and oxygen atoms in total. The number of amidine groups is 1. The maximum atomic E-state index is 8.55. The van der Waals surface area contributed by atoms with Crippen molar-refractivity contribution < 1.29 is 0 Å². The maximum absolute atomic E-state index is 8.55. The average Bonchev–Trinajstić information content (AvgIpc) is 3.21. The molecule has 1 N–H and O–H groups in total. The van der Waals surface area contributed by atoms with Crippen LogP contribution >= 0.6 is 23.1 Å². The van der Waals surface area contributed by atoms with Crippen molar-refractivity contribution in [1.82, 2.24) is 29.0 Å². The van der Waals surface area contributed by atoms with E-state index < -0.39 is 0 Å². The van der Waals surface area contributed by atoms with Gasteiger partial charge in [-0.3, -0.25) is 5.41 Å². The molecule has 4 rings (SSSR count). The lowest BCUT2D eigenvalue weighted by molar-refractivity contribution is 0.265. The summed E-state index contributed by atoms with van der Waals surface area (Å²) in [5.41, 5.74) is 0.837. The van der Waals surface area contributed by atoms with E-state index in [1.54, 1.807) is 12.1 Å². The molecular weight excluding hydrogens is 358 g/mol. The molecule has 0 amide bonds. The first-order valence-corrected chi connectivity index (χ1v) is 9.04. The first-order valence-electron chi connectivity index (χ1n) is 7.89. The number of hydrogen-bond donors (Lipinski definition) is 1. The number of rotatable bonds is 2. The fraction of sp³-hybridized carbons (Fsp3) is 0.312. The van der Waals surface area contributed by atoms with E-state index in [4.69, 9.17) is 17.0 Å². The smallest absolute Gasteiger partial charge is 0.194 e. The Kier molecular flexibility index (Phi) is 4.01. The van der Waals surface area contributed by atoms with Gasteiger partial charge in [0.15, 0.2) is 16.7 Å². The van der Waals surface area contributed by atoms with Crippen molar-refractivity contribution in [3.63, 3.8) is 0 Å². The third-order valence-corrected chi connectivity index (χ3v) is 5.36. The van der Waals surface area contributed by atoms with Crippen LogP contribution in [-0.2, 0) is 6.54 Å². The highest BCUT2D eigenvalue weighted by Crippen LogP contribution is 2.30. The van der Waals surface area contributed by atoms with E-state index in [-0.39, 0.29) is 6.04 Å². The Morgan fingerprint density at radius 3 is 2.68 bits per heavy atom. The minimum absolute atomic E-state index is 0.0489. The highest BCUT2D eigenvalue weighted by Gasteiger charge is 2.31. The van der Waals surface area contributed by atoms with Crippen molar-refractivity contribution in [3.05, 3.63) is 46.5 Å². The molecule has 0 radical (unpaired) electrons. The molecule has 3 heterocycles. The summed E-state index contributed by atoms with van der Waals surface area (Å²) in [5, 5.41) is 18.7. The van der Waals surface area contributed by atoms with Crippen molar-refractivity contribution in [1.29, 1.82) is 5.41 Å². The summed E-state index contributed by atoms with van der Waals surface area (Å²) in [6.07, 6.45) is 0. The Bertz CT molecular complexity index is 930. The molecule has 1 unspecified atom stereocenters. The van der Waals surface area contributed by atoms with E-state index >= 15 is 0 Å². The van der Waals surface area contributed by atoms with E-state index in [2.05, 4.69) is 24.1 Å². The number of fused-ring (bicyclic) bond motifs is 1. The molecule has 0 bridgehead atoms. The quantitative estimate of drug-likeness (QED) is 0.551. The van der Waals surface area contributed by atoms with Crippen molar-refractivity contribution in [3.8, 4) is 10.8 Å². The number of aromatic nitrogens is 5. The summed E-state index contributed by atoms with van der Waals surface area (Å²) in [7, 11) is 0. The van der Waals surface area contributed by atoms with Crippen LogP contribution < -0.4 is 0 Å². The summed E-state index contributed by atoms with van der Waals surface area (Å²) < 4.78 is 6.30. The summed E-state index contributed by atoms with van der Waals surface area (Å²) in [5.74, 6) is 2.80. The molecule has 1 atom stereocenters. The molecule has 1 aromatic carbocycles. The fourth-order valence-electron chi connectivity index (χ4n) is 3.01. The third-order valence-electron chi connectivity index (χ3n) is 4.31. The zero-order valence-electron chi connectivity index (χ0n) is 13.8. The molecule has 1 aliphatic heterocycles. The second-order valence-electron chi connectivity index (χ2n) is 5.91. The lowest BCUT2D eigenvalue weighted by atomic mass is 10.1. The molecule has 25 heavy (non-hydrogen) atoms. The number of nitrogens with one attached hydrogen (secondary N) is 1. The van der Waals surface area contributed by atoms with Gasteiger partial charge in [-0.05, 0) is 49.6 Å². The van der Waals surface area contributed by atoms with Crippen LogP contribution in [0.15, 0.2) is 24.3 Å². The Balaban J connectivity index is 1.63. The predicted octanol–water partition coefficient (Wildman–Crippen LogP) is 3.16. The summed E-state index contributed by atoms with van der Waals surface area (Å²) in [6, 6.07) is 7.29. The van der Waals surface area contributed by atoms with E-state index in [0.717, 1.165) is 28.0 Å². The van der Waals surface area contributed by atoms with Crippen LogP contribution in [0.2, 0.25) is 5.02 Å². The van der Waals surface area contributed by atoms with Gasteiger partial charge in [-0.15, -0.1) is 10.2 Å². The zero-order chi connectivity index (χ0) is 17.6. The van der Waals surface area contributed by atoms with Crippen molar-refractivity contribution >= 4 is 29.0 Å². The van der Waals surface area contributed by atoms with Gasteiger partial charge >= 0.3 is 0 Å². The minimum Gasteiger partial charge on any atom is -0.345 e. The number of hydrogen-bond acceptors (Lipinski definition) is 6. The van der Waals surface area contributed by atoms with Gasteiger partial charge in [0, 0.05) is 23.7 Å². The Labute approximate surface area is 154 Å². The highest BCUT2D eigenvalue weighted by atomic mass is 35.5. The first kappa shape index (κ1) is 16.2. The number of halogens is 1. The Morgan fingerprint density at radius 1 is 1.24 bits per heavy atom. The molecule has 0 aliphatic carbocycles. The van der Waals surface area contributed by atoms with Crippen molar-refractivity contribution in [2.45, 2.75) is 26.4 Å². The molecule has 0 saturated heterocycles. The van der Waals surface area contributed by atoms with Crippen LogP contribution in [0, 0.1) is 12.3 Å². The molecule has 1 aliphatic rings. The average molecular weight is 374 g/mol. The van der Waals surface area contributed by atoms with Crippen LogP contribution in [0.5, 0.6) is 0 Å². The van der Waals surface area contributed by atoms with Crippen LogP contribution in [0.4, 0.5) is 0 Å². The lowest BCUT2D eigenvalue weighted by Crippen LogP contribution is -2.41. The molecular formula is C16H16ClN7S. The standard InChI is InChI=1S/C16H16ClN7S/c1-9-14-20-21-15(16-19-10(2)22-25-16)24(14)8-7-23(9)13(18)11-3-5-12(17)6-4-11/h3-6,9,18H,7-8H2,1-2H3. The molecule has 3 aromatic rings. The fourth-order valence-corrected chi connectivity index (χ4v) is 3.80. The van der Waals surface area contributed by atoms with Crippen molar-refractivity contribution in [2.75, 3.05) is 6.54 Å². The van der Waals surface area contributed by atoms with Gasteiger partial charge < -0.3 is 9.47 Å². The monoisotopic (exact) mass is 373 g/mol. The molecule has 0 saturated carbocycles. The number of benzene rings is 1. The zero-order valence-corrected chi connectivity index (χ0v) is 15.3. The topological polar surface area (TPSA) is 83.6 Å². The van der Waals surface area contributed by atoms with Crippen LogP contribution in [0.3, 0.4) is 0 Å².